The van der Waals surface area contributed by atoms with Crippen molar-refractivity contribution in [3.8, 4) is 5.88 Å². The predicted octanol–water partition coefficient (Wildman–Crippen LogP) is 1.09. The molecule has 0 amide bonds. The molecule has 1 aromatic heterocycles. The van der Waals surface area contributed by atoms with Crippen LogP contribution in [-0.2, 0) is 0 Å². The summed E-state index contributed by atoms with van der Waals surface area (Å²) in [6.45, 7) is 0.0427. The Balaban J connectivity index is 2.55. The molecular formula is C7H9F2N3O. The second-order valence-electron chi connectivity index (χ2n) is 2.64. The Labute approximate surface area is 73.8 Å². The van der Waals surface area contributed by atoms with Crippen LogP contribution >= 0.6 is 0 Å². The molecule has 0 saturated carbocycles. The number of nitrogens with zero attached hydrogens (tertiary/aromatic N) is 2. The highest BCUT2D eigenvalue weighted by molar-refractivity contribution is 5.30. The Morgan fingerprint density at radius 2 is 2.23 bits per heavy atom. The Hall–Kier alpha value is -1.46. The summed E-state index contributed by atoms with van der Waals surface area (Å²) in [4.78, 5) is 7.18. The van der Waals surface area contributed by atoms with E-state index in [4.69, 9.17) is 5.73 Å². The average Bonchev–Trinajstić information content (AvgIpc) is 2.00. The minimum absolute atomic E-state index is 0.0500. The van der Waals surface area contributed by atoms with Crippen LogP contribution < -0.4 is 10.5 Å². The maximum atomic E-state index is 12.3. The molecule has 0 atom stereocenters. The molecule has 4 nitrogen and oxygen atoms in total. The molecule has 1 heterocycles. The Bertz CT molecular complexity index is 287. The third-order valence-corrected chi connectivity index (χ3v) is 1.14. The van der Waals surface area contributed by atoms with E-state index in [1.165, 1.54) is 6.07 Å². The maximum Gasteiger partial charge on any atom is 0.278 e. The summed E-state index contributed by atoms with van der Waals surface area (Å²) in [5.74, 6) is -2.64. The highest BCUT2D eigenvalue weighted by Crippen LogP contribution is 2.14. The van der Waals surface area contributed by atoms with Crippen LogP contribution in [0.15, 0.2) is 12.4 Å². The maximum absolute atomic E-state index is 12.3. The second kappa shape index (κ2) is 3.51. The summed E-state index contributed by atoms with van der Waals surface area (Å²) >= 11 is 0. The number of anilines is 1. The van der Waals surface area contributed by atoms with Crippen LogP contribution in [0.3, 0.4) is 0 Å². The minimum atomic E-state index is -2.88. The second-order valence-corrected chi connectivity index (χ2v) is 2.64. The summed E-state index contributed by atoms with van der Waals surface area (Å²) in [6.07, 6.45) is 1.15. The standard InChI is InChI=1S/C7H9F2N3O/c1-7(8,9)3-13-6-2-5(10)11-4-12-6/h2,4H,3H2,1H3,(H2,10,11,12). The summed E-state index contributed by atoms with van der Waals surface area (Å²) in [5, 5.41) is 0. The van der Waals surface area contributed by atoms with Gasteiger partial charge in [0.05, 0.1) is 0 Å². The van der Waals surface area contributed by atoms with Crippen LogP contribution in [0.25, 0.3) is 0 Å². The Morgan fingerprint density at radius 1 is 1.54 bits per heavy atom. The van der Waals surface area contributed by atoms with E-state index in [9.17, 15) is 8.78 Å². The quantitative estimate of drug-likeness (QED) is 0.773. The molecule has 0 spiro atoms. The van der Waals surface area contributed by atoms with Gasteiger partial charge in [-0.2, -0.15) is 0 Å². The van der Waals surface area contributed by atoms with Crippen molar-refractivity contribution in [2.75, 3.05) is 12.3 Å². The molecule has 0 aliphatic carbocycles. The molecule has 0 saturated heterocycles. The first-order valence-electron chi connectivity index (χ1n) is 3.55. The van der Waals surface area contributed by atoms with Gasteiger partial charge in [-0.1, -0.05) is 0 Å². The molecule has 6 heteroatoms. The first-order valence-corrected chi connectivity index (χ1v) is 3.55. The van der Waals surface area contributed by atoms with Gasteiger partial charge in [-0.15, -0.1) is 0 Å². The Morgan fingerprint density at radius 3 is 2.77 bits per heavy atom. The van der Waals surface area contributed by atoms with Crippen molar-refractivity contribution in [1.82, 2.24) is 9.97 Å². The van der Waals surface area contributed by atoms with Crippen LogP contribution in [-0.4, -0.2) is 22.5 Å². The lowest BCUT2D eigenvalue weighted by Gasteiger charge is -2.10. The number of nitrogen functional groups attached to an aromatic ring is 1. The molecule has 0 aliphatic heterocycles. The third kappa shape index (κ3) is 3.64. The van der Waals surface area contributed by atoms with E-state index in [0.717, 1.165) is 13.3 Å². The van der Waals surface area contributed by atoms with Crippen LogP contribution in [0.1, 0.15) is 6.92 Å². The molecule has 0 radical (unpaired) electrons. The molecule has 2 N–H and O–H groups in total. The zero-order valence-electron chi connectivity index (χ0n) is 7.00. The fourth-order valence-corrected chi connectivity index (χ4v) is 0.633. The van der Waals surface area contributed by atoms with Gasteiger partial charge in [0.2, 0.25) is 5.88 Å². The van der Waals surface area contributed by atoms with Gasteiger partial charge >= 0.3 is 0 Å². The zero-order chi connectivity index (χ0) is 9.90. The van der Waals surface area contributed by atoms with Crippen molar-refractivity contribution >= 4 is 5.82 Å². The van der Waals surface area contributed by atoms with E-state index < -0.39 is 12.5 Å². The highest BCUT2D eigenvalue weighted by atomic mass is 19.3. The van der Waals surface area contributed by atoms with E-state index in [2.05, 4.69) is 14.7 Å². The van der Waals surface area contributed by atoms with Crippen molar-refractivity contribution in [1.29, 1.82) is 0 Å². The molecular weight excluding hydrogens is 180 g/mol. The highest BCUT2D eigenvalue weighted by Gasteiger charge is 2.22. The molecule has 0 aliphatic rings. The van der Waals surface area contributed by atoms with Gasteiger partial charge in [0.25, 0.3) is 5.92 Å². The zero-order valence-corrected chi connectivity index (χ0v) is 7.00. The lowest BCUT2D eigenvalue weighted by atomic mass is 10.4. The van der Waals surface area contributed by atoms with E-state index in [0.29, 0.717) is 0 Å². The first-order chi connectivity index (χ1) is 5.97. The average molecular weight is 189 g/mol. The summed E-state index contributed by atoms with van der Waals surface area (Å²) < 4.78 is 29.3. The molecule has 13 heavy (non-hydrogen) atoms. The van der Waals surface area contributed by atoms with Gasteiger partial charge in [-0.05, 0) is 0 Å². The van der Waals surface area contributed by atoms with E-state index in [1.807, 2.05) is 0 Å². The van der Waals surface area contributed by atoms with E-state index >= 15 is 0 Å². The van der Waals surface area contributed by atoms with Gasteiger partial charge in [0, 0.05) is 13.0 Å². The monoisotopic (exact) mass is 189 g/mol. The van der Waals surface area contributed by atoms with Gasteiger partial charge in [0.15, 0.2) is 6.61 Å². The van der Waals surface area contributed by atoms with Gasteiger partial charge in [0.1, 0.15) is 12.1 Å². The van der Waals surface area contributed by atoms with Crippen molar-refractivity contribution in [3.05, 3.63) is 12.4 Å². The van der Waals surface area contributed by atoms with Crippen LogP contribution in [0.4, 0.5) is 14.6 Å². The van der Waals surface area contributed by atoms with Crippen LogP contribution in [0.5, 0.6) is 5.88 Å². The Kier molecular flexibility index (Phi) is 2.60. The number of halogens is 2. The summed E-state index contributed by atoms with van der Waals surface area (Å²) in [6, 6.07) is 1.28. The normalized spacial score (nSPS) is 11.3. The SMILES string of the molecule is CC(F)(F)COc1cc(N)ncn1. The molecule has 72 valence electrons. The smallest absolute Gasteiger partial charge is 0.278 e. The third-order valence-electron chi connectivity index (χ3n) is 1.14. The number of ether oxygens (including phenoxy) is 1. The van der Waals surface area contributed by atoms with Crippen LogP contribution in [0.2, 0.25) is 0 Å². The number of aromatic nitrogens is 2. The van der Waals surface area contributed by atoms with Gasteiger partial charge < -0.3 is 10.5 Å². The van der Waals surface area contributed by atoms with Crippen molar-refractivity contribution in [2.24, 2.45) is 0 Å². The molecule has 0 fully saturated rings. The number of hydrogen-bond acceptors (Lipinski definition) is 4. The fourth-order valence-electron chi connectivity index (χ4n) is 0.633. The van der Waals surface area contributed by atoms with E-state index in [-0.39, 0.29) is 11.7 Å². The fraction of sp³-hybridized carbons (Fsp3) is 0.429. The topological polar surface area (TPSA) is 61.0 Å². The molecule has 0 unspecified atom stereocenters. The minimum Gasteiger partial charge on any atom is -0.471 e. The molecule has 0 aromatic carbocycles. The van der Waals surface area contributed by atoms with Crippen molar-refractivity contribution in [2.45, 2.75) is 12.8 Å². The summed E-state index contributed by atoms with van der Waals surface area (Å²) in [7, 11) is 0. The number of hydrogen-bond donors (Lipinski definition) is 1. The number of rotatable bonds is 3. The molecule has 1 rings (SSSR count). The van der Waals surface area contributed by atoms with E-state index in [1.54, 1.807) is 0 Å². The van der Waals surface area contributed by atoms with Crippen LogP contribution in [0, 0.1) is 0 Å². The number of alkyl halides is 2. The first kappa shape index (κ1) is 9.63. The lowest BCUT2D eigenvalue weighted by Crippen LogP contribution is -2.21. The number of nitrogens with two attached hydrogens (primary N) is 1. The van der Waals surface area contributed by atoms with Gasteiger partial charge in [-0.3, -0.25) is 0 Å². The lowest BCUT2D eigenvalue weighted by molar-refractivity contribution is -0.0242. The predicted molar refractivity (Wildman–Crippen MR) is 42.6 cm³/mol. The molecule has 0 bridgehead atoms. The van der Waals surface area contributed by atoms with Crippen molar-refractivity contribution in [3.63, 3.8) is 0 Å². The summed E-state index contributed by atoms with van der Waals surface area (Å²) in [5.41, 5.74) is 5.28. The largest absolute Gasteiger partial charge is 0.471 e. The molecule has 1 aromatic rings. The van der Waals surface area contributed by atoms with Crippen molar-refractivity contribution < 1.29 is 13.5 Å². The van der Waals surface area contributed by atoms with Gasteiger partial charge in [-0.25, -0.2) is 18.7 Å².